The lowest BCUT2D eigenvalue weighted by atomic mass is 10.1. The zero-order valence-corrected chi connectivity index (χ0v) is 8.81. The van der Waals surface area contributed by atoms with Gasteiger partial charge < -0.3 is 10.1 Å². The van der Waals surface area contributed by atoms with Crippen molar-refractivity contribution in [3.63, 3.8) is 0 Å². The molecule has 2 heteroatoms. The first-order valence-corrected chi connectivity index (χ1v) is 5.21. The second-order valence-corrected chi connectivity index (χ2v) is 3.75. The van der Waals surface area contributed by atoms with Gasteiger partial charge in [0, 0.05) is 13.7 Å². The van der Waals surface area contributed by atoms with Crippen LogP contribution in [0.3, 0.4) is 0 Å². The second-order valence-electron chi connectivity index (χ2n) is 3.75. The highest BCUT2D eigenvalue weighted by molar-refractivity contribution is 5.09. The molecule has 0 aromatic carbocycles. The van der Waals surface area contributed by atoms with E-state index < -0.39 is 0 Å². The first-order chi connectivity index (χ1) is 6.34. The van der Waals surface area contributed by atoms with Crippen molar-refractivity contribution in [1.29, 1.82) is 0 Å². The highest BCUT2D eigenvalue weighted by Crippen LogP contribution is 2.35. The van der Waals surface area contributed by atoms with Crippen LogP contribution in [0.1, 0.15) is 26.2 Å². The van der Waals surface area contributed by atoms with E-state index in [9.17, 15) is 0 Å². The zero-order chi connectivity index (χ0) is 9.52. The van der Waals surface area contributed by atoms with Crippen LogP contribution in [0.2, 0.25) is 0 Å². The lowest BCUT2D eigenvalue weighted by molar-refractivity contribution is 0.199. The largest absolute Gasteiger partial charge is 0.383 e. The summed E-state index contributed by atoms with van der Waals surface area (Å²) in [5.74, 6) is 0.930. The molecule has 0 heterocycles. The van der Waals surface area contributed by atoms with Crippen molar-refractivity contribution in [1.82, 2.24) is 5.32 Å². The minimum atomic E-state index is 0.811. The van der Waals surface area contributed by atoms with E-state index in [2.05, 4.69) is 18.3 Å². The Morgan fingerprint density at radius 1 is 1.46 bits per heavy atom. The van der Waals surface area contributed by atoms with Gasteiger partial charge in [-0.05, 0) is 38.6 Å². The summed E-state index contributed by atoms with van der Waals surface area (Å²) in [6.07, 6.45) is 6.36. The van der Waals surface area contributed by atoms with Crippen LogP contribution in [-0.2, 0) is 4.74 Å². The molecule has 0 unspecified atom stereocenters. The van der Waals surface area contributed by atoms with Gasteiger partial charge in [-0.2, -0.15) is 0 Å². The molecule has 0 aromatic rings. The summed E-state index contributed by atoms with van der Waals surface area (Å²) in [7, 11) is 1.73. The van der Waals surface area contributed by atoms with Crippen LogP contribution in [0.15, 0.2) is 11.6 Å². The normalized spacial score (nSPS) is 17.8. The molecule has 13 heavy (non-hydrogen) atoms. The summed E-state index contributed by atoms with van der Waals surface area (Å²) in [6, 6.07) is 0. The third-order valence-corrected chi connectivity index (χ3v) is 2.49. The molecule has 1 rings (SSSR count). The fourth-order valence-corrected chi connectivity index (χ4v) is 1.41. The molecule has 0 bridgehead atoms. The molecule has 1 N–H and O–H groups in total. The summed E-state index contributed by atoms with van der Waals surface area (Å²) < 4.78 is 4.94. The lowest BCUT2D eigenvalue weighted by Gasteiger charge is -2.01. The molecule has 0 aromatic heterocycles. The first-order valence-electron chi connectivity index (χ1n) is 5.21. The predicted octanol–water partition coefficient (Wildman–Crippen LogP) is 1.97. The van der Waals surface area contributed by atoms with Crippen LogP contribution in [-0.4, -0.2) is 26.8 Å². The maximum absolute atomic E-state index is 4.94. The van der Waals surface area contributed by atoms with Gasteiger partial charge in [0.2, 0.25) is 0 Å². The van der Waals surface area contributed by atoms with Gasteiger partial charge in [0.25, 0.3) is 0 Å². The van der Waals surface area contributed by atoms with E-state index in [-0.39, 0.29) is 0 Å². The van der Waals surface area contributed by atoms with Crippen LogP contribution in [0.4, 0.5) is 0 Å². The Kier molecular flexibility index (Phi) is 5.09. The van der Waals surface area contributed by atoms with Crippen LogP contribution in [0, 0.1) is 5.92 Å². The van der Waals surface area contributed by atoms with E-state index in [1.165, 1.54) is 12.8 Å². The smallest absolute Gasteiger partial charge is 0.0587 e. The summed E-state index contributed by atoms with van der Waals surface area (Å²) in [4.78, 5) is 0. The number of methoxy groups -OCH3 is 1. The molecular formula is C11H21NO. The summed E-state index contributed by atoms with van der Waals surface area (Å²) >= 11 is 0. The lowest BCUT2D eigenvalue weighted by Crippen LogP contribution is -2.19. The van der Waals surface area contributed by atoms with E-state index in [0.717, 1.165) is 32.0 Å². The maximum atomic E-state index is 4.94. The molecule has 2 nitrogen and oxygen atoms in total. The van der Waals surface area contributed by atoms with Gasteiger partial charge in [0.05, 0.1) is 6.61 Å². The van der Waals surface area contributed by atoms with E-state index in [4.69, 9.17) is 4.74 Å². The minimum absolute atomic E-state index is 0.811. The Labute approximate surface area is 81.4 Å². The Hall–Kier alpha value is -0.340. The molecule has 0 radical (unpaired) electrons. The number of allylic oxidation sites excluding steroid dienone is 1. The van der Waals surface area contributed by atoms with Crippen molar-refractivity contribution < 1.29 is 4.74 Å². The van der Waals surface area contributed by atoms with Crippen molar-refractivity contribution in [2.75, 3.05) is 26.8 Å². The van der Waals surface area contributed by atoms with E-state index in [1.807, 2.05) is 0 Å². The van der Waals surface area contributed by atoms with Gasteiger partial charge >= 0.3 is 0 Å². The summed E-state index contributed by atoms with van der Waals surface area (Å²) in [5, 5.41) is 3.33. The third-order valence-electron chi connectivity index (χ3n) is 2.49. The number of nitrogens with one attached hydrogen (secondary N) is 1. The Bertz CT molecular complexity index is 161. The highest BCUT2D eigenvalue weighted by Gasteiger charge is 2.22. The Morgan fingerprint density at radius 3 is 2.85 bits per heavy atom. The molecule has 1 fully saturated rings. The number of hydrogen-bond acceptors (Lipinski definition) is 2. The van der Waals surface area contributed by atoms with Gasteiger partial charge in [-0.25, -0.2) is 0 Å². The maximum Gasteiger partial charge on any atom is 0.0587 e. The van der Waals surface area contributed by atoms with Gasteiger partial charge in [0.1, 0.15) is 0 Å². The molecule has 0 saturated heterocycles. The van der Waals surface area contributed by atoms with Crippen LogP contribution in [0.25, 0.3) is 0 Å². The van der Waals surface area contributed by atoms with Gasteiger partial charge in [0.15, 0.2) is 0 Å². The molecule has 1 aliphatic rings. The quantitative estimate of drug-likeness (QED) is 0.481. The number of rotatable bonds is 7. The molecule has 0 aliphatic heterocycles. The standard InChI is InChI=1S/C11H21NO/c1-10(11-5-6-11)4-3-7-12-8-9-13-2/h4,11-12H,3,5-9H2,1-2H3. The second kappa shape index (κ2) is 6.17. The SMILES string of the molecule is COCCNCCC=C(C)C1CC1. The summed E-state index contributed by atoms with van der Waals surface area (Å²) in [5.41, 5.74) is 1.59. The predicted molar refractivity (Wildman–Crippen MR) is 55.8 cm³/mol. The van der Waals surface area contributed by atoms with Crippen molar-refractivity contribution in [3.05, 3.63) is 11.6 Å². The minimum Gasteiger partial charge on any atom is -0.383 e. The number of ether oxygens (including phenoxy) is 1. The average Bonchev–Trinajstić information content (AvgIpc) is 2.93. The van der Waals surface area contributed by atoms with E-state index >= 15 is 0 Å². The molecule has 0 spiro atoms. The molecular weight excluding hydrogens is 162 g/mol. The Morgan fingerprint density at radius 2 is 2.23 bits per heavy atom. The monoisotopic (exact) mass is 183 g/mol. The average molecular weight is 183 g/mol. The highest BCUT2D eigenvalue weighted by atomic mass is 16.5. The molecule has 76 valence electrons. The zero-order valence-electron chi connectivity index (χ0n) is 8.81. The van der Waals surface area contributed by atoms with Crippen molar-refractivity contribution >= 4 is 0 Å². The van der Waals surface area contributed by atoms with Gasteiger partial charge in [-0.15, -0.1) is 0 Å². The Balaban J connectivity index is 1.90. The molecule has 0 atom stereocenters. The molecule has 1 aliphatic carbocycles. The van der Waals surface area contributed by atoms with Crippen LogP contribution < -0.4 is 5.32 Å². The van der Waals surface area contributed by atoms with Crippen LogP contribution in [0.5, 0.6) is 0 Å². The molecule has 1 saturated carbocycles. The van der Waals surface area contributed by atoms with Crippen molar-refractivity contribution in [2.24, 2.45) is 5.92 Å². The fourth-order valence-electron chi connectivity index (χ4n) is 1.41. The van der Waals surface area contributed by atoms with Crippen molar-refractivity contribution in [3.8, 4) is 0 Å². The van der Waals surface area contributed by atoms with Crippen LogP contribution >= 0.6 is 0 Å². The number of hydrogen-bond donors (Lipinski definition) is 1. The third kappa shape index (κ3) is 5.06. The van der Waals surface area contributed by atoms with Gasteiger partial charge in [-0.1, -0.05) is 11.6 Å². The fraction of sp³-hybridized carbons (Fsp3) is 0.818. The van der Waals surface area contributed by atoms with E-state index in [0.29, 0.717) is 0 Å². The van der Waals surface area contributed by atoms with E-state index in [1.54, 1.807) is 12.7 Å². The first kappa shape index (κ1) is 10.7. The van der Waals surface area contributed by atoms with Crippen molar-refractivity contribution in [2.45, 2.75) is 26.2 Å². The van der Waals surface area contributed by atoms with Gasteiger partial charge in [-0.3, -0.25) is 0 Å². The molecule has 0 amide bonds. The topological polar surface area (TPSA) is 21.3 Å². The summed E-state index contributed by atoms with van der Waals surface area (Å²) in [6.45, 7) is 5.11.